The number of hydrogen-bond donors (Lipinski definition) is 1. The molecule has 19 heavy (non-hydrogen) atoms. The van der Waals surface area contributed by atoms with E-state index in [4.69, 9.17) is 4.74 Å². The van der Waals surface area contributed by atoms with Gasteiger partial charge in [0.2, 0.25) is 0 Å². The summed E-state index contributed by atoms with van der Waals surface area (Å²) in [6.45, 7) is 4.79. The van der Waals surface area contributed by atoms with Crippen LogP contribution in [0.5, 0.6) is 5.75 Å². The number of nitrogens with one attached hydrogen (secondary N) is 1. The predicted molar refractivity (Wildman–Crippen MR) is 76.3 cm³/mol. The van der Waals surface area contributed by atoms with Crippen LogP contribution in [0.4, 0.5) is 0 Å². The van der Waals surface area contributed by atoms with Gasteiger partial charge in [0.05, 0.1) is 19.3 Å². The van der Waals surface area contributed by atoms with Crippen molar-refractivity contribution in [3.05, 3.63) is 41.3 Å². The van der Waals surface area contributed by atoms with Gasteiger partial charge in [-0.15, -0.1) is 0 Å². The van der Waals surface area contributed by atoms with Gasteiger partial charge in [-0.2, -0.15) is 0 Å². The first-order valence-corrected chi connectivity index (χ1v) is 6.28. The zero-order valence-electron chi connectivity index (χ0n) is 11.8. The van der Waals surface area contributed by atoms with Gasteiger partial charge in [0.25, 0.3) is 0 Å². The number of methoxy groups -OCH3 is 1. The number of rotatable bonds is 4. The summed E-state index contributed by atoms with van der Waals surface area (Å²) in [7, 11) is 3.57. The van der Waals surface area contributed by atoms with E-state index in [0.29, 0.717) is 6.54 Å². The van der Waals surface area contributed by atoms with Crippen molar-refractivity contribution in [3.8, 4) is 17.0 Å². The van der Waals surface area contributed by atoms with Gasteiger partial charge in [-0.3, -0.25) is 0 Å². The van der Waals surface area contributed by atoms with E-state index in [-0.39, 0.29) is 0 Å². The average molecular weight is 257 g/mol. The first kappa shape index (κ1) is 13.5. The van der Waals surface area contributed by atoms with Crippen LogP contribution < -0.4 is 10.1 Å². The molecule has 0 saturated heterocycles. The smallest absolute Gasteiger partial charge is 0.142 e. The Hall–Kier alpha value is -1.94. The van der Waals surface area contributed by atoms with Crippen LogP contribution in [0.3, 0.4) is 0 Å². The summed E-state index contributed by atoms with van der Waals surface area (Å²) < 4.78 is 5.49. The molecule has 0 aliphatic carbocycles. The summed E-state index contributed by atoms with van der Waals surface area (Å²) in [5, 5.41) is 3.06. The maximum absolute atomic E-state index is 5.49. The van der Waals surface area contributed by atoms with Crippen LogP contribution in [0.2, 0.25) is 0 Å². The highest BCUT2D eigenvalue weighted by Crippen LogP contribution is 2.32. The maximum atomic E-state index is 5.49. The topological polar surface area (TPSA) is 47.0 Å². The van der Waals surface area contributed by atoms with E-state index in [1.54, 1.807) is 13.3 Å². The lowest BCUT2D eigenvalue weighted by molar-refractivity contribution is 0.415. The normalized spacial score (nSPS) is 10.5. The molecule has 2 aromatic rings. The van der Waals surface area contributed by atoms with Gasteiger partial charge in [-0.05, 0) is 44.2 Å². The van der Waals surface area contributed by atoms with Crippen LogP contribution in [0.1, 0.15) is 17.0 Å². The summed E-state index contributed by atoms with van der Waals surface area (Å²) in [4.78, 5) is 8.82. The number of nitrogens with zero attached hydrogens (tertiary/aromatic N) is 2. The van der Waals surface area contributed by atoms with Gasteiger partial charge in [-0.25, -0.2) is 9.97 Å². The Morgan fingerprint density at radius 1 is 1.26 bits per heavy atom. The van der Waals surface area contributed by atoms with Crippen molar-refractivity contribution in [1.29, 1.82) is 0 Å². The fourth-order valence-corrected chi connectivity index (χ4v) is 2.20. The largest absolute Gasteiger partial charge is 0.496 e. The number of benzene rings is 1. The number of aryl methyl sites for hydroxylation is 2. The Morgan fingerprint density at radius 2 is 2.05 bits per heavy atom. The molecule has 0 aliphatic heterocycles. The van der Waals surface area contributed by atoms with E-state index < -0.39 is 0 Å². The zero-order valence-corrected chi connectivity index (χ0v) is 11.8. The fourth-order valence-electron chi connectivity index (χ4n) is 2.20. The molecule has 4 heteroatoms. The van der Waals surface area contributed by atoms with Crippen LogP contribution >= 0.6 is 0 Å². The van der Waals surface area contributed by atoms with Crippen molar-refractivity contribution < 1.29 is 4.74 Å². The maximum Gasteiger partial charge on any atom is 0.142 e. The molecule has 100 valence electrons. The van der Waals surface area contributed by atoms with Crippen molar-refractivity contribution in [3.63, 3.8) is 0 Å². The molecule has 0 aliphatic rings. The average Bonchev–Trinajstić information content (AvgIpc) is 2.38. The summed E-state index contributed by atoms with van der Waals surface area (Å²) >= 11 is 0. The van der Waals surface area contributed by atoms with E-state index in [0.717, 1.165) is 28.4 Å². The van der Waals surface area contributed by atoms with E-state index in [2.05, 4.69) is 35.2 Å². The third-order valence-corrected chi connectivity index (χ3v) is 2.96. The lowest BCUT2D eigenvalue weighted by Gasteiger charge is -2.13. The summed E-state index contributed by atoms with van der Waals surface area (Å²) in [5.74, 6) is 1.63. The molecule has 0 saturated carbocycles. The minimum atomic E-state index is 0.654. The molecule has 0 atom stereocenters. The van der Waals surface area contributed by atoms with E-state index in [1.165, 1.54) is 5.56 Å². The van der Waals surface area contributed by atoms with Gasteiger partial charge < -0.3 is 10.1 Å². The first-order valence-electron chi connectivity index (χ1n) is 6.28. The standard InChI is InChI=1S/C15H19N3O/c1-10-7-11(2)15(13(8-10)19-4)12-5-6-17-14(18-12)9-16-3/h5-8,16H,9H2,1-4H3. The minimum Gasteiger partial charge on any atom is -0.496 e. The Morgan fingerprint density at radius 3 is 2.74 bits per heavy atom. The fraction of sp³-hybridized carbons (Fsp3) is 0.333. The third-order valence-electron chi connectivity index (χ3n) is 2.96. The Bertz CT molecular complexity index is 582. The highest BCUT2D eigenvalue weighted by molar-refractivity contribution is 5.71. The van der Waals surface area contributed by atoms with Gasteiger partial charge in [0.1, 0.15) is 11.6 Å². The zero-order chi connectivity index (χ0) is 13.8. The van der Waals surface area contributed by atoms with E-state index in [9.17, 15) is 0 Å². The predicted octanol–water partition coefficient (Wildman–Crippen LogP) is 2.49. The molecule has 2 rings (SSSR count). The molecule has 0 amide bonds. The third kappa shape index (κ3) is 2.90. The number of hydrogen-bond acceptors (Lipinski definition) is 4. The molecule has 1 aromatic heterocycles. The van der Waals surface area contributed by atoms with Gasteiger partial charge in [-0.1, -0.05) is 6.07 Å². The first-order chi connectivity index (χ1) is 9.15. The lowest BCUT2D eigenvalue weighted by atomic mass is 10.0. The second kappa shape index (κ2) is 5.80. The van der Waals surface area contributed by atoms with E-state index in [1.807, 2.05) is 19.2 Å². The van der Waals surface area contributed by atoms with Crippen molar-refractivity contribution in [2.24, 2.45) is 0 Å². The Balaban J connectivity index is 2.54. The summed E-state index contributed by atoms with van der Waals surface area (Å²) in [6.07, 6.45) is 1.79. The van der Waals surface area contributed by atoms with Crippen molar-refractivity contribution >= 4 is 0 Å². The van der Waals surface area contributed by atoms with E-state index >= 15 is 0 Å². The number of aromatic nitrogens is 2. The van der Waals surface area contributed by atoms with Crippen LogP contribution in [-0.2, 0) is 6.54 Å². The molecule has 0 unspecified atom stereocenters. The molecule has 0 bridgehead atoms. The van der Waals surface area contributed by atoms with Crippen LogP contribution in [0.25, 0.3) is 11.3 Å². The quantitative estimate of drug-likeness (QED) is 0.914. The molecular formula is C15H19N3O. The van der Waals surface area contributed by atoms with Gasteiger partial charge >= 0.3 is 0 Å². The monoisotopic (exact) mass is 257 g/mol. The molecule has 0 radical (unpaired) electrons. The van der Waals surface area contributed by atoms with Crippen molar-refractivity contribution in [2.75, 3.05) is 14.2 Å². The van der Waals surface area contributed by atoms with Gasteiger partial charge in [0, 0.05) is 11.8 Å². The summed E-state index contributed by atoms with van der Waals surface area (Å²) in [5.41, 5.74) is 4.27. The lowest BCUT2D eigenvalue weighted by Crippen LogP contribution is -2.09. The second-order valence-corrected chi connectivity index (χ2v) is 4.55. The molecule has 1 N–H and O–H groups in total. The molecule has 0 fully saturated rings. The molecule has 1 heterocycles. The highest BCUT2D eigenvalue weighted by Gasteiger charge is 2.12. The molecule has 1 aromatic carbocycles. The SMILES string of the molecule is CNCc1nccc(-c2c(C)cc(C)cc2OC)n1. The summed E-state index contributed by atoms with van der Waals surface area (Å²) in [6, 6.07) is 6.08. The Kier molecular flexibility index (Phi) is 4.12. The van der Waals surface area contributed by atoms with Crippen molar-refractivity contribution in [2.45, 2.75) is 20.4 Å². The minimum absolute atomic E-state index is 0.654. The Labute approximate surface area is 113 Å². The second-order valence-electron chi connectivity index (χ2n) is 4.55. The van der Waals surface area contributed by atoms with Gasteiger partial charge in [0.15, 0.2) is 0 Å². The number of ether oxygens (including phenoxy) is 1. The van der Waals surface area contributed by atoms with Crippen molar-refractivity contribution in [1.82, 2.24) is 15.3 Å². The molecule has 0 spiro atoms. The molecular weight excluding hydrogens is 238 g/mol. The molecule has 4 nitrogen and oxygen atoms in total. The van der Waals surface area contributed by atoms with Crippen LogP contribution in [0.15, 0.2) is 24.4 Å². The van der Waals surface area contributed by atoms with Crippen LogP contribution in [-0.4, -0.2) is 24.1 Å². The highest BCUT2D eigenvalue weighted by atomic mass is 16.5. The van der Waals surface area contributed by atoms with Crippen LogP contribution in [0, 0.1) is 13.8 Å².